The lowest BCUT2D eigenvalue weighted by atomic mass is 9.93. The third-order valence-electron chi connectivity index (χ3n) is 7.10. The summed E-state index contributed by atoms with van der Waals surface area (Å²) in [5.74, 6) is 0.131. The summed E-state index contributed by atoms with van der Waals surface area (Å²) in [5, 5.41) is 6.94. The largest absolute Gasteiger partial charge is 0.407 e. The number of nitrogens with zero attached hydrogens (tertiary/aromatic N) is 1. The highest BCUT2D eigenvalue weighted by Gasteiger charge is 2.49. The maximum atomic E-state index is 11.5. The Labute approximate surface area is 216 Å². The number of benzene rings is 3. The minimum Gasteiger partial charge on any atom is -0.407 e. The van der Waals surface area contributed by atoms with Crippen molar-refractivity contribution in [2.75, 3.05) is 6.61 Å². The molecule has 0 fully saturated rings. The molecule has 0 spiro atoms. The summed E-state index contributed by atoms with van der Waals surface area (Å²) < 4.78 is 7.01. The van der Waals surface area contributed by atoms with Gasteiger partial charge in [0.15, 0.2) is 0 Å². The zero-order chi connectivity index (χ0) is 25.6. The summed E-state index contributed by atoms with van der Waals surface area (Å²) in [6.07, 6.45) is 3.60. The molecule has 1 aliphatic heterocycles. The smallest absolute Gasteiger partial charge is 0.261 e. The Hall–Kier alpha value is -3.02. The number of carbonyl (C=O) groups excluding carboxylic acids is 1. The first-order chi connectivity index (χ1) is 17.3. The van der Waals surface area contributed by atoms with Gasteiger partial charge in [-0.1, -0.05) is 113 Å². The number of aryl methyl sites for hydroxylation is 1. The molecule has 0 bridgehead atoms. The molecule has 0 aliphatic carbocycles. The number of hydrogen-bond acceptors (Lipinski definition) is 3. The fourth-order valence-corrected chi connectivity index (χ4v) is 9.87. The molecule has 3 aromatic rings. The molecule has 1 atom stereocenters. The minimum atomic E-state index is -2.46. The second kappa shape index (κ2) is 11.4. The van der Waals surface area contributed by atoms with Gasteiger partial charge in [-0.05, 0) is 45.8 Å². The SMILES string of the molecule is CC1CC(=O)NN=C1c1ccc(CCCCO[Si](c2ccccc2)(c2ccccc2)C(C)(C)C)cc1. The molecule has 4 nitrogen and oxygen atoms in total. The highest BCUT2D eigenvalue weighted by molar-refractivity contribution is 6.99. The van der Waals surface area contributed by atoms with E-state index in [1.54, 1.807) is 0 Å². The van der Waals surface area contributed by atoms with Crippen LogP contribution in [0.15, 0.2) is 90.0 Å². The second-order valence-electron chi connectivity index (χ2n) is 10.8. The summed E-state index contributed by atoms with van der Waals surface area (Å²) in [5.41, 5.74) is 5.97. The van der Waals surface area contributed by atoms with Gasteiger partial charge in [0.05, 0.1) is 5.71 Å². The van der Waals surface area contributed by atoms with E-state index in [1.165, 1.54) is 15.9 Å². The normalized spacial score (nSPS) is 16.4. The molecule has 1 unspecified atom stereocenters. The highest BCUT2D eigenvalue weighted by Crippen LogP contribution is 2.36. The number of nitrogens with one attached hydrogen (secondary N) is 1. The van der Waals surface area contributed by atoms with Crippen LogP contribution in [0, 0.1) is 5.92 Å². The summed E-state index contributed by atoms with van der Waals surface area (Å²) in [4.78, 5) is 11.5. The van der Waals surface area contributed by atoms with Crippen LogP contribution in [0.25, 0.3) is 0 Å². The lowest BCUT2D eigenvalue weighted by Crippen LogP contribution is -2.66. The molecule has 0 radical (unpaired) electrons. The van der Waals surface area contributed by atoms with Crippen molar-refractivity contribution in [3.63, 3.8) is 0 Å². The standard InChI is InChI=1S/C31H38N2O2Si/c1-24-23-29(34)32-33-30(24)26-20-18-25(19-21-26)13-11-12-22-35-36(31(2,3)4,27-14-7-5-8-15-27)28-16-9-6-10-17-28/h5-10,14-21,24H,11-13,22-23H2,1-4H3,(H,32,34). The monoisotopic (exact) mass is 498 g/mol. The summed E-state index contributed by atoms with van der Waals surface area (Å²) in [6.45, 7) is 9.77. The van der Waals surface area contributed by atoms with Gasteiger partial charge in [-0.15, -0.1) is 0 Å². The van der Waals surface area contributed by atoms with E-state index >= 15 is 0 Å². The maximum Gasteiger partial charge on any atom is 0.261 e. The Morgan fingerprint density at radius 2 is 1.47 bits per heavy atom. The molecular formula is C31H38N2O2Si. The van der Waals surface area contributed by atoms with Gasteiger partial charge in [-0.2, -0.15) is 5.10 Å². The molecule has 4 rings (SSSR count). The molecule has 5 heteroatoms. The van der Waals surface area contributed by atoms with Crippen molar-refractivity contribution < 1.29 is 9.22 Å². The lowest BCUT2D eigenvalue weighted by Gasteiger charge is -2.43. The zero-order valence-corrected chi connectivity index (χ0v) is 23.0. The van der Waals surface area contributed by atoms with Gasteiger partial charge in [0.2, 0.25) is 5.91 Å². The van der Waals surface area contributed by atoms with E-state index in [2.05, 4.69) is 123 Å². The summed E-state index contributed by atoms with van der Waals surface area (Å²) >= 11 is 0. The van der Waals surface area contributed by atoms with Crippen LogP contribution in [0.3, 0.4) is 0 Å². The molecule has 36 heavy (non-hydrogen) atoms. The second-order valence-corrected chi connectivity index (χ2v) is 15.1. The van der Waals surface area contributed by atoms with Crippen molar-refractivity contribution in [2.24, 2.45) is 11.0 Å². The van der Waals surface area contributed by atoms with Crippen LogP contribution in [0.2, 0.25) is 5.04 Å². The summed E-state index contributed by atoms with van der Waals surface area (Å²) in [6, 6.07) is 30.3. The topological polar surface area (TPSA) is 50.7 Å². The van der Waals surface area contributed by atoms with Gasteiger partial charge in [0.25, 0.3) is 8.32 Å². The van der Waals surface area contributed by atoms with Gasteiger partial charge in [0, 0.05) is 18.9 Å². The first kappa shape index (κ1) is 26.1. The van der Waals surface area contributed by atoms with Crippen molar-refractivity contribution in [3.8, 4) is 0 Å². The van der Waals surface area contributed by atoms with Crippen LogP contribution < -0.4 is 15.8 Å². The van der Waals surface area contributed by atoms with Crippen molar-refractivity contribution in [3.05, 3.63) is 96.1 Å². The number of hydrogen-bond donors (Lipinski definition) is 1. The minimum absolute atomic E-state index is 0.00395. The predicted octanol–water partition coefficient (Wildman–Crippen LogP) is 5.45. The first-order valence-corrected chi connectivity index (χ1v) is 14.9. The quantitative estimate of drug-likeness (QED) is 0.315. The van der Waals surface area contributed by atoms with Crippen LogP contribution in [0.5, 0.6) is 0 Å². The van der Waals surface area contributed by atoms with Gasteiger partial charge in [-0.25, -0.2) is 5.43 Å². The van der Waals surface area contributed by atoms with E-state index < -0.39 is 8.32 Å². The molecule has 0 saturated carbocycles. The van der Waals surface area contributed by atoms with Crippen LogP contribution in [0.1, 0.15) is 58.1 Å². The molecular weight excluding hydrogens is 460 g/mol. The first-order valence-electron chi connectivity index (χ1n) is 13.0. The number of rotatable bonds is 9. The Morgan fingerprint density at radius 1 is 0.889 bits per heavy atom. The van der Waals surface area contributed by atoms with Gasteiger partial charge in [-0.3, -0.25) is 4.79 Å². The van der Waals surface area contributed by atoms with Crippen LogP contribution in [0.4, 0.5) is 0 Å². The Kier molecular flexibility index (Phi) is 8.22. The molecule has 1 aliphatic rings. The summed E-state index contributed by atoms with van der Waals surface area (Å²) in [7, 11) is -2.46. The van der Waals surface area contributed by atoms with Crippen LogP contribution in [-0.2, 0) is 15.6 Å². The Morgan fingerprint density at radius 3 is 2.00 bits per heavy atom. The van der Waals surface area contributed by atoms with Gasteiger partial charge in [0.1, 0.15) is 0 Å². The predicted molar refractivity (Wildman–Crippen MR) is 151 cm³/mol. The van der Waals surface area contributed by atoms with E-state index in [0.717, 1.165) is 37.1 Å². The van der Waals surface area contributed by atoms with Crippen molar-refractivity contribution in [1.29, 1.82) is 0 Å². The van der Waals surface area contributed by atoms with E-state index in [0.29, 0.717) is 6.42 Å². The highest BCUT2D eigenvalue weighted by atomic mass is 28.4. The third-order valence-corrected chi connectivity index (χ3v) is 12.1. The molecule has 0 saturated heterocycles. The van der Waals surface area contributed by atoms with E-state index in [-0.39, 0.29) is 16.9 Å². The average Bonchev–Trinajstić information content (AvgIpc) is 2.87. The molecule has 188 valence electrons. The molecule has 1 heterocycles. The molecule has 1 amide bonds. The lowest BCUT2D eigenvalue weighted by molar-refractivity contribution is -0.121. The zero-order valence-electron chi connectivity index (χ0n) is 22.0. The number of amides is 1. The third kappa shape index (κ3) is 5.68. The van der Waals surface area contributed by atoms with Gasteiger partial charge < -0.3 is 4.43 Å². The fourth-order valence-electron chi connectivity index (χ4n) is 5.26. The average molecular weight is 499 g/mol. The van der Waals surface area contributed by atoms with Crippen molar-refractivity contribution in [1.82, 2.24) is 5.43 Å². The van der Waals surface area contributed by atoms with Crippen molar-refractivity contribution >= 4 is 30.3 Å². The van der Waals surface area contributed by atoms with E-state index in [4.69, 9.17) is 4.43 Å². The number of carbonyl (C=O) groups is 1. The molecule has 1 N–H and O–H groups in total. The maximum absolute atomic E-state index is 11.5. The van der Waals surface area contributed by atoms with E-state index in [1.807, 2.05) is 0 Å². The van der Waals surface area contributed by atoms with Crippen LogP contribution >= 0.6 is 0 Å². The van der Waals surface area contributed by atoms with Crippen LogP contribution in [-0.4, -0.2) is 26.5 Å². The fraction of sp³-hybridized carbons (Fsp3) is 0.355. The number of unbranched alkanes of at least 4 members (excludes halogenated alkanes) is 1. The number of hydrazone groups is 1. The molecule has 0 aromatic heterocycles. The van der Waals surface area contributed by atoms with E-state index in [9.17, 15) is 4.79 Å². The Balaban J connectivity index is 1.41. The Bertz CT molecular complexity index is 1130. The molecule has 3 aromatic carbocycles. The van der Waals surface area contributed by atoms with Gasteiger partial charge >= 0.3 is 0 Å². The van der Waals surface area contributed by atoms with Crippen molar-refractivity contribution in [2.45, 2.75) is 58.4 Å².